The summed E-state index contributed by atoms with van der Waals surface area (Å²) in [6.45, 7) is 1.87. The maximum atomic E-state index is 14.0. The highest BCUT2D eigenvalue weighted by molar-refractivity contribution is 9.10. The number of rotatable bonds is 4. The topological polar surface area (TPSA) is 45.0 Å². The van der Waals surface area contributed by atoms with Crippen LogP contribution in [0.4, 0.5) is 10.1 Å². The van der Waals surface area contributed by atoms with Crippen LogP contribution in [0.3, 0.4) is 0 Å². The molecule has 0 saturated carbocycles. The summed E-state index contributed by atoms with van der Waals surface area (Å²) in [5.74, 6) is 0.169. The number of hydrogen-bond acceptors (Lipinski definition) is 3. The number of nitrogens with zero attached hydrogens (tertiary/aromatic N) is 1. The molecule has 0 amide bonds. The molecule has 1 N–H and O–H groups in total. The molecule has 108 valence electrons. The van der Waals surface area contributed by atoms with E-state index in [4.69, 9.17) is 10.00 Å². The molecule has 1 atom stereocenters. The summed E-state index contributed by atoms with van der Waals surface area (Å²) in [6.07, 6.45) is 0. The van der Waals surface area contributed by atoms with Crippen molar-refractivity contribution in [2.24, 2.45) is 0 Å². The van der Waals surface area contributed by atoms with Crippen molar-refractivity contribution >= 4 is 21.6 Å². The fourth-order valence-electron chi connectivity index (χ4n) is 2.00. The lowest BCUT2D eigenvalue weighted by atomic mass is 10.1. The zero-order valence-corrected chi connectivity index (χ0v) is 13.2. The van der Waals surface area contributed by atoms with Crippen LogP contribution in [-0.4, -0.2) is 7.11 Å². The van der Waals surface area contributed by atoms with Crippen molar-refractivity contribution in [2.45, 2.75) is 13.0 Å². The minimum absolute atomic E-state index is 0.222. The van der Waals surface area contributed by atoms with Gasteiger partial charge in [0.2, 0.25) is 0 Å². The van der Waals surface area contributed by atoms with Crippen molar-refractivity contribution < 1.29 is 9.13 Å². The van der Waals surface area contributed by atoms with Crippen LogP contribution in [0.25, 0.3) is 0 Å². The Morgan fingerprint density at radius 2 is 2.05 bits per heavy atom. The van der Waals surface area contributed by atoms with Gasteiger partial charge in [-0.05, 0) is 47.1 Å². The fourth-order valence-corrected chi connectivity index (χ4v) is 2.49. The highest BCUT2D eigenvalue weighted by Gasteiger charge is 2.13. The van der Waals surface area contributed by atoms with Gasteiger partial charge in [0, 0.05) is 21.8 Å². The molecule has 2 aromatic carbocycles. The Morgan fingerprint density at radius 3 is 2.62 bits per heavy atom. The van der Waals surface area contributed by atoms with Crippen molar-refractivity contribution in [3.63, 3.8) is 0 Å². The largest absolute Gasteiger partial charge is 0.497 e. The molecular formula is C16H14BrFN2O. The van der Waals surface area contributed by atoms with E-state index in [0.29, 0.717) is 16.9 Å². The van der Waals surface area contributed by atoms with Crippen LogP contribution in [0.1, 0.15) is 24.1 Å². The molecule has 0 radical (unpaired) electrons. The summed E-state index contributed by atoms with van der Waals surface area (Å²) in [4.78, 5) is 0. The molecule has 0 bridgehead atoms. The molecular weight excluding hydrogens is 335 g/mol. The van der Waals surface area contributed by atoms with Crippen molar-refractivity contribution in [1.82, 2.24) is 0 Å². The Hall–Kier alpha value is -2.06. The molecule has 0 heterocycles. The zero-order chi connectivity index (χ0) is 15.4. The van der Waals surface area contributed by atoms with E-state index in [9.17, 15) is 4.39 Å². The van der Waals surface area contributed by atoms with E-state index in [1.807, 2.05) is 6.92 Å². The van der Waals surface area contributed by atoms with E-state index >= 15 is 0 Å². The summed E-state index contributed by atoms with van der Waals surface area (Å²) in [7, 11) is 1.50. The van der Waals surface area contributed by atoms with Gasteiger partial charge >= 0.3 is 0 Å². The highest BCUT2D eigenvalue weighted by Crippen LogP contribution is 2.29. The van der Waals surface area contributed by atoms with Crippen LogP contribution in [0.5, 0.6) is 5.75 Å². The first-order chi connectivity index (χ1) is 10.0. The van der Waals surface area contributed by atoms with Crippen LogP contribution < -0.4 is 10.1 Å². The molecule has 0 fully saturated rings. The molecule has 0 aromatic heterocycles. The Balaban J connectivity index is 2.22. The number of nitrogens with one attached hydrogen (secondary N) is 1. The maximum absolute atomic E-state index is 14.0. The molecule has 0 saturated heterocycles. The molecule has 2 aromatic rings. The maximum Gasteiger partial charge on any atom is 0.132 e. The molecule has 2 rings (SSSR count). The fraction of sp³-hybridized carbons (Fsp3) is 0.188. The van der Waals surface area contributed by atoms with Crippen molar-refractivity contribution in [1.29, 1.82) is 5.26 Å². The minimum atomic E-state index is -0.320. The monoisotopic (exact) mass is 348 g/mol. The Kier molecular flexibility index (Phi) is 4.81. The molecule has 1 unspecified atom stereocenters. The standard InChI is InChI=1S/C16H14BrFN2O/c1-10(13-5-4-12(21-2)8-15(13)18)20-16-6-3-11(9-19)7-14(16)17/h3-8,10,20H,1-2H3. The molecule has 0 aliphatic carbocycles. The zero-order valence-electron chi connectivity index (χ0n) is 11.7. The molecule has 5 heteroatoms. The number of halogens is 2. The van der Waals surface area contributed by atoms with E-state index < -0.39 is 0 Å². The lowest BCUT2D eigenvalue weighted by Crippen LogP contribution is -2.09. The van der Waals surface area contributed by atoms with Gasteiger partial charge in [0.05, 0.1) is 24.8 Å². The minimum Gasteiger partial charge on any atom is -0.497 e. The molecule has 21 heavy (non-hydrogen) atoms. The second kappa shape index (κ2) is 6.59. The highest BCUT2D eigenvalue weighted by atomic mass is 79.9. The first kappa shape index (κ1) is 15.3. The summed E-state index contributed by atoms with van der Waals surface area (Å²) >= 11 is 3.40. The number of hydrogen-bond donors (Lipinski definition) is 1. The van der Waals surface area contributed by atoms with Gasteiger partial charge in [-0.25, -0.2) is 4.39 Å². The Labute approximate surface area is 131 Å². The van der Waals surface area contributed by atoms with Gasteiger partial charge in [-0.3, -0.25) is 0 Å². The van der Waals surface area contributed by atoms with E-state index in [-0.39, 0.29) is 11.9 Å². The van der Waals surface area contributed by atoms with Crippen LogP contribution >= 0.6 is 15.9 Å². The van der Waals surface area contributed by atoms with Gasteiger partial charge in [0.15, 0.2) is 0 Å². The molecule has 0 aliphatic rings. The number of ether oxygens (including phenoxy) is 1. The Bertz CT molecular complexity index is 697. The second-order valence-corrected chi connectivity index (χ2v) is 5.41. The van der Waals surface area contributed by atoms with Gasteiger partial charge in [-0.2, -0.15) is 5.26 Å². The third kappa shape index (κ3) is 3.53. The van der Waals surface area contributed by atoms with Crippen LogP contribution in [0.15, 0.2) is 40.9 Å². The smallest absolute Gasteiger partial charge is 0.132 e. The number of anilines is 1. The summed E-state index contributed by atoms with van der Waals surface area (Å²) in [5, 5.41) is 12.1. The van der Waals surface area contributed by atoms with Gasteiger partial charge < -0.3 is 10.1 Å². The predicted octanol–water partition coefficient (Wildman–Crippen LogP) is 4.64. The molecule has 0 spiro atoms. The lowest BCUT2D eigenvalue weighted by molar-refractivity contribution is 0.410. The first-order valence-electron chi connectivity index (χ1n) is 6.34. The lowest BCUT2D eigenvalue weighted by Gasteiger charge is -2.18. The summed E-state index contributed by atoms with van der Waals surface area (Å²) < 4.78 is 19.8. The number of benzene rings is 2. The quantitative estimate of drug-likeness (QED) is 0.875. The van der Waals surface area contributed by atoms with Crippen molar-refractivity contribution in [3.8, 4) is 11.8 Å². The van der Waals surface area contributed by atoms with Gasteiger partial charge in [0.25, 0.3) is 0 Å². The predicted molar refractivity (Wildman–Crippen MR) is 83.8 cm³/mol. The third-order valence-corrected chi connectivity index (χ3v) is 3.80. The normalized spacial score (nSPS) is 11.6. The molecule has 0 aliphatic heterocycles. The first-order valence-corrected chi connectivity index (χ1v) is 7.14. The van der Waals surface area contributed by atoms with Gasteiger partial charge in [-0.15, -0.1) is 0 Å². The number of nitriles is 1. The van der Waals surface area contributed by atoms with Crippen molar-refractivity contribution in [3.05, 3.63) is 57.8 Å². The summed E-state index contributed by atoms with van der Waals surface area (Å²) in [5.41, 5.74) is 1.92. The second-order valence-electron chi connectivity index (χ2n) is 4.56. The van der Waals surface area contributed by atoms with E-state index in [1.54, 1.807) is 30.3 Å². The van der Waals surface area contributed by atoms with E-state index in [0.717, 1.165) is 10.2 Å². The van der Waals surface area contributed by atoms with E-state index in [2.05, 4.69) is 27.3 Å². The average molecular weight is 349 g/mol. The van der Waals surface area contributed by atoms with Gasteiger partial charge in [0.1, 0.15) is 11.6 Å². The average Bonchev–Trinajstić information content (AvgIpc) is 2.48. The Morgan fingerprint density at radius 1 is 1.29 bits per heavy atom. The van der Waals surface area contributed by atoms with Crippen LogP contribution in [-0.2, 0) is 0 Å². The number of methoxy groups -OCH3 is 1. The summed E-state index contributed by atoms with van der Waals surface area (Å²) in [6, 6.07) is 11.9. The van der Waals surface area contributed by atoms with Crippen molar-refractivity contribution in [2.75, 3.05) is 12.4 Å². The van der Waals surface area contributed by atoms with Gasteiger partial charge in [-0.1, -0.05) is 6.07 Å². The van der Waals surface area contributed by atoms with Crippen LogP contribution in [0, 0.1) is 17.1 Å². The van der Waals surface area contributed by atoms with E-state index in [1.165, 1.54) is 13.2 Å². The SMILES string of the molecule is COc1ccc(C(C)Nc2ccc(C#N)cc2Br)c(F)c1. The molecule has 3 nitrogen and oxygen atoms in total. The van der Waals surface area contributed by atoms with Crippen LogP contribution in [0.2, 0.25) is 0 Å². The third-order valence-electron chi connectivity index (χ3n) is 3.14.